The summed E-state index contributed by atoms with van der Waals surface area (Å²) in [6, 6.07) is 16.1. The molecule has 6 nitrogen and oxygen atoms in total. The van der Waals surface area contributed by atoms with Crippen LogP contribution in [0.3, 0.4) is 0 Å². The molecule has 28 heavy (non-hydrogen) atoms. The molecule has 2 aromatic heterocycles. The summed E-state index contributed by atoms with van der Waals surface area (Å²) in [4.78, 5) is 13.2. The summed E-state index contributed by atoms with van der Waals surface area (Å²) in [5, 5.41) is 7.62. The number of aryl methyl sites for hydroxylation is 3. The lowest BCUT2D eigenvalue weighted by Gasteiger charge is -2.14. The van der Waals surface area contributed by atoms with E-state index < -0.39 is 0 Å². The lowest BCUT2D eigenvalue weighted by atomic mass is 10.1. The van der Waals surface area contributed by atoms with Gasteiger partial charge in [0, 0.05) is 22.5 Å². The predicted octanol–water partition coefficient (Wildman–Crippen LogP) is 5.02. The highest BCUT2D eigenvalue weighted by atomic mass is 15.1. The molecule has 0 saturated heterocycles. The summed E-state index contributed by atoms with van der Waals surface area (Å²) in [5.74, 6) is 1.12. The molecule has 0 spiro atoms. The van der Waals surface area contributed by atoms with Gasteiger partial charge in [-0.3, -0.25) is 4.98 Å². The van der Waals surface area contributed by atoms with Gasteiger partial charge in [0.15, 0.2) is 11.6 Å². The number of pyridine rings is 1. The third kappa shape index (κ3) is 3.44. The van der Waals surface area contributed by atoms with E-state index in [0.29, 0.717) is 17.3 Å². The van der Waals surface area contributed by atoms with Crippen LogP contribution in [0.2, 0.25) is 0 Å². The molecule has 0 aliphatic heterocycles. The highest BCUT2D eigenvalue weighted by Gasteiger charge is 2.11. The van der Waals surface area contributed by atoms with Crippen LogP contribution in [0, 0.1) is 20.8 Å². The van der Waals surface area contributed by atoms with Crippen molar-refractivity contribution < 1.29 is 0 Å². The van der Waals surface area contributed by atoms with Crippen molar-refractivity contribution in [3.05, 3.63) is 71.7 Å². The molecule has 0 fully saturated rings. The van der Waals surface area contributed by atoms with E-state index in [1.165, 1.54) is 17.5 Å². The molecule has 0 unspecified atom stereocenters. The maximum atomic E-state index is 6.35. The van der Waals surface area contributed by atoms with Crippen molar-refractivity contribution in [3.63, 3.8) is 0 Å². The summed E-state index contributed by atoms with van der Waals surface area (Å²) >= 11 is 0. The van der Waals surface area contributed by atoms with Gasteiger partial charge in [-0.15, -0.1) is 0 Å². The van der Waals surface area contributed by atoms with Crippen LogP contribution in [-0.4, -0.2) is 15.0 Å². The Morgan fingerprint density at radius 2 is 1.61 bits per heavy atom. The first kappa shape index (κ1) is 17.7. The van der Waals surface area contributed by atoms with E-state index >= 15 is 0 Å². The van der Waals surface area contributed by atoms with Crippen LogP contribution >= 0.6 is 0 Å². The second-order valence-electron chi connectivity index (χ2n) is 6.86. The molecule has 0 radical (unpaired) electrons. The van der Waals surface area contributed by atoms with E-state index in [1.54, 1.807) is 0 Å². The first-order chi connectivity index (χ1) is 13.5. The standard InChI is InChI=1S/C22H22N6/c1-13-7-9-16(11-14(13)2)27-21-20(23)22(25-12-24-21)28-19-6-4-5-18-17(19)10-8-15(3)26-18/h4-12H,23H2,1-3H3,(H2,24,25,27,28). The monoisotopic (exact) mass is 370 g/mol. The van der Waals surface area contributed by atoms with Gasteiger partial charge in [-0.2, -0.15) is 0 Å². The molecule has 0 aliphatic rings. The fourth-order valence-electron chi connectivity index (χ4n) is 3.04. The van der Waals surface area contributed by atoms with E-state index in [0.717, 1.165) is 28.0 Å². The van der Waals surface area contributed by atoms with Gasteiger partial charge in [-0.05, 0) is 68.3 Å². The van der Waals surface area contributed by atoms with Crippen LogP contribution in [0.25, 0.3) is 10.9 Å². The van der Waals surface area contributed by atoms with Crippen molar-refractivity contribution in [3.8, 4) is 0 Å². The van der Waals surface area contributed by atoms with Gasteiger partial charge in [0.25, 0.3) is 0 Å². The number of rotatable bonds is 4. The number of aromatic nitrogens is 3. The summed E-state index contributed by atoms with van der Waals surface area (Å²) in [6.45, 7) is 6.14. The van der Waals surface area contributed by atoms with Crippen LogP contribution in [-0.2, 0) is 0 Å². The largest absolute Gasteiger partial charge is 0.393 e. The Bertz CT molecular complexity index is 1170. The van der Waals surface area contributed by atoms with Crippen LogP contribution in [0.15, 0.2) is 54.9 Å². The Morgan fingerprint density at radius 1 is 0.821 bits per heavy atom. The smallest absolute Gasteiger partial charge is 0.159 e. The molecule has 0 amide bonds. The minimum atomic E-state index is 0.456. The van der Waals surface area contributed by atoms with Crippen molar-refractivity contribution >= 4 is 39.6 Å². The van der Waals surface area contributed by atoms with Gasteiger partial charge < -0.3 is 16.4 Å². The second kappa shape index (κ2) is 7.15. The van der Waals surface area contributed by atoms with Gasteiger partial charge in [0.2, 0.25) is 0 Å². The number of hydrogen-bond acceptors (Lipinski definition) is 6. The molecule has 4 aromatic rings. The van der Waals surface area contributed by atoms with Gasteiger partial charge in [-0.1, -0.05) is 12.1 Å². The Labute approximate surface area is 163 Å². The zero-order valence-corrected chi connectivity index (χ0v) is 16.1. The van der Waals surface area contributed by atoms with Crippen LogP contribution in [0.4, 0.5) is 28.7 Å². The molecule has 0 bridgehead atoms. The van der Waals surface area contributed by atoms with Crippen LogP contribution < -0.4 is 16.4 Å². The maximum Gasteiger partial charge on any atom is 0.159 e. The van der Waals surface area contributed by atoms with Crippen molar-refractivity contribution in [2.24, 2.45) is 0 Å². The normalized spacial score (nSPS) is 10.8. The van der Waals surface area contributed by atoms with Gasteiger partial charge in [-0.25, -0.2) is 9.97 Å². The number of nitrogens with zero attached hydrogens (tertiary/aromatic N) is 3. The van der Waals surface area contributed by atoms with E-state index in [2.05, 4.69) is 51.6 Å². The number of fused-ring (bicyclic) bond motifs is 1. The molecule has 6 heteroatoms. The molecule has 2 heterocycles. The topological polar surface area (TPSA) is 88.8 Å². The molecule has 0 saturated carbocycles. The van der Waals surface area contributed by atoms with E-state index in [1.807, 2.05) is 43.3 Å². The zero-order valence-electron chi connectivity index (χ0n) is 16.1. The van der Waals surface area contributed by atoms with E-state index in [9.17, 15) is 0 Å². The van der Waals surface area contributed by atoms with Crippen molar-refractivity contribution in [1.29, 1.82) is 0 Å². The fraction of sp³-hybridized carbons (Fsp3) is 0.136. The minimum absolute atomic E-state index is 0.456. The van der Waals surface area contributed by atoms with E-state index in [4.69, 9.17) is 5.73 Å². The second-order valence-corrected chi connectivity index (χ2v) is 6.86. The third-order valence-electron chi connectivity index (χ3n) is 4.78. The third-order valence-corrected chi connectivity index (χ3v) is 4.78. The predicted molar refractivity (Wildman–Crippen MR) is 115 cm³/mol. The number of hydrogen-bond donors (Lipinski definition) is 3. The highest BCUT2D eigenvalue weighted by molar-refractivity contribution is 5.94. The fourth-order valence-corrected chi connectivity index (χ4v) is 3.04. The number of nitrogens with one attached hydrogen (secondary N) is 2. The van der Waals surface area contributed by atoms with Crippen molar-refractivity contribution in [1.82, 2.24) is 15.0 Å². The Kier molecular flexibility index (Phi) is 4.53. The van der Waals surface area contributed by atoms with Crippen LogP contribution in [0.5, 0.6) is 0 Å². The van der Waals surface area contributed by atoms with Gasteiger partial charge in [0.1, 0.15) is 12.0 Å². The summed E-state index contributed by atoms with van der Waals surface area (Å²) in [5.41, 5.74) is 13.0. The lowest BCUT2D eigenvalue weighted by molar-refractivity contribution is 1.17. The molecule has 2 aromatic carbocycles. The average molecular weight is 370 g/mol. The number of benzene rings is 2. The number of nitrogen functional groups attached to an aromatic ring is 1. The first-order valence-corrected chi connectivity index (χ1v) is 9.09. The lowest BCUT2D eigenvalue weighted by Crippen LogP contribution is -2.05. The van der Waals surface area contributed by atoms with Crippen molar-refractivity contribution in [2.45, 2.75) is 20.8 Å². The Hall–Kier alpha value is -3.67. The van der Waals surface area contributed by atoms with Gasteiger partial charge >= 0.3 is 0 Å². The quantitative estimate of drug-likeness (QED) is 0.467. The average Bonchev–Trinajstić information content (AvgIpc) is 2.68. The molecule has 4 N–H and O–H groups in total. The van der Waals surface area contributed by atoms with Crippen molar-refractivity contribution in [2.75, 3.05) is 16.4 Å². The first-order valence-electron chi connectivity index (χ1n) is 9.09. The zero-order chi connectivity index (χ0) is 19.7. The molecule has 140 valence electrons. The molecule has 0 aliphatic carbocycles. The molecular weight excluding hydrogens is 348 g/mol. The Morgan fingerprint density at radius 3 is 2.39 bits per heavy atom. The minimum Gasteiger partial charge on any atom is -0.393 e. The van der Waals surface area contributed by atoms with Crippen LogP contribution in [0.1, 0.15) is 16.8 Å². The summed E-state index contributed by atoms with van der Waals surface area (Å²) in [7, 11) is 0. The maximum absolute atomic E-state index is 6.35. The summed E-state index contributed by atoms with van der Waals surface area (Å²) < 4.78 is 0. The van der Waals surface area contributed by atoms with Gasteiger partial charge in [0.05, 0.1) is 5.52 Å². The highest BCUT2D eigenvalue weighted by Crippen LogP contribution is 2.31. The molecule has 0 atom stereocenters. The molecule has 4 rings (SSSR count). The Balaban J connectivity index is 1.66. The summed E-state index contributed by atoms with van der Waals surface area (Å²) in [6.07, 6.45) is 1.50. The molecular formula is C22H22N6. The number of anilines is 5. The SMILES string of the molecule is Cc1ccc2c(Nc3ncnc(Nc4ccc(C)c(C)c4)c3N)cccc2n1. The number of nitrogens with two attached hydrogens (primary N) is 1. The van der Waals surface area contributed by atoms with E-state index in [-0.39, 0.29) is 0 Å².